The zero-order chi connectivity index (χ0) is 22.9. The molecule has 1 fully saturated rings. The zero-order valence-corrected chi connectivity index (χ0v) is 19.5. The smallest absolute Gasteiger partial charge is 0.272 e. The van der Waals surface area contributed by atoms with Gasteiger partial charge in [-0.1, -0.05) is 34.8 Å². The molecule has 30 heavy (non-hydrogen) atoms. The first-order valence-corrected chi connectivity index (χ1v) is 12.6. The number of rotatable bonds is 6. The van der Waals surface area contributed by atoms with Crippen LogP contribution in [0.3, 0.4) is 0 Å². The van der Waals surface area contributed by atoms with Crippen molar-refractivity contribution in [1.82, 2.24) is 10.0 Å². The third-order valence-electron chi connectivity index (χ3n) is 4.01. The Kier molecular flexibility index (Phi) is 7.53. The molecule has 0 aliphatic carbocycles. The first kappa shape index (κ1) is 25.0. The van der Waals surface area contributed by atoms with Crippen LogP contribution < -0.4 is 20.1 Å². The van der Waals surface area contributed by atoms with Gasteiger partial charge in [0.15, 0.2) is 9.84 Å². The lowest BCUT2D eigenvalue weighted by Crippen LogP contribution is -2.53. The molecule has 1 aromatic rings. The average Bonchev–Trinajstić information content (AvgIpc) is 2.86. The highest BCUT2D eigenvalue weighted by molar-refractivity contribution is 7.92. The van der Waals surface area contributed by atoms with Crippen LogP contribution >= 0.6 is 34.8 Å². The van der Waals surface area contributed by atoms with E-state index in [0.717, 1.165) is 6.07 Å². The molecule has 0 saturated carbocycles. The number of sulfone groups is 1. The lowest BCUT2D eigenvalue weighted by atomic mass is 10.2. The molecular formula is C15H18Cl3N3O7S2. The number of carbonyl (C=O) groups is 2. The van der Waals surface area contributed by atoms with Crippen molar-refractivity contribution in [2.24, 2.45) is 0 Å². The molecule has 0 spiro atoms. The number of alkyl halides is 3. The first-order chi connectivity index (χ1) is 13.6. The van der Waals surface area contributed by atoms with E-state index in [-0.39, 0.29) is 16.3 Å². The van der Waals surface area contributed by atoms with Gasteiger partial charge in [-0.2, -0.15) is 0 Å². The minimum absolute atomic E-state index is 0.0423. The van der Waals surface area contributed by atoms with Gasteiger partial charge in [0, 0.05) is 12.6 Å². The van der Waals surface area contributed by atoms with E-state index in [1.54, 1.807) is 0 Å². The summed E-state index contributed by atoms with van der Waals surface area (Å²) in [6.07, 6.45) is 0. The van der Waals surface area contributed by atoms with Crippen LogP contribution in [-0.2, 0) is 29.4 Å². The largest absolute Gasteiger partial charge is 0.495 e. The van der Waals surface area contributed by atoms with Gasteiger partial charge < -0.3 is 15.4 Å². The SMILES string of the molecule is COc1ccc(NC(C)=O)cc1S(=O)(=O)N[C@@H]1CS(=O)(=O)C[C@H]1NC(=O)C(Cl)(Cl)Cl. The highest BCUT2D eigenvalue weighted by Crippen LogP contribution is 2.29. The molecule has 2 rings (SSSR count). The van der Waals surface area contributed by atoms with Crippen LogP contribution in [-0.4, -0.2) is 63.1 Å². The van der Waals surface area contributed by atoms with Crippen molar-refractivity contribution < 1.29 is 31.2 Å². The van der Waals surface area contributed by atoms with E-state index in [1.807, 2.05) is 0 Å². The van der Waals surface area contributed by atoms with Crippen LogP contribution in [0.2, 0.25) is 0 Å². The molecule has 0 radical (unpaired) electrons. The van der Waals surface area contributed by atoms with Crippen molar-refractivity contribution in [1.29, 1.82) is 0 Å². The molecule has 1 aliphatic rings. The summed E-state index contributed by atoms with van der Waals surface area (Å²) >= 11 is 16.5. The van der Waals surface area contributed by atoms with Crippen LogP contribution in [0, 0.1) is 0 Å². The van der Waals surface area contributed by atoms with Crippen molar-refractivity contribution in [3.63, 3.8) is 0 Å². The molecular weight excluding hydrogens is 505 g/mol. The van der Waals surface area contributed by atoms with Gasteiger partial charge in [-0.25, -0.2) is 21.6 Å². The monoisotopic (exact) mass is 521 g/mol. The third kappa shape index (κ3) is 6.34. The maximum Gasteiger partial charge on any atom is 0.272 e. The summed E-state index contributed by atoms with van der Waals surface area (Å²) in [6, 6.07) is 1.51. The number of halogens is 3. The predicted octanol–water partition coefficient (Wildman–Crippen LogP) is 0.584. The Morgan fingerprint density at radius 3 is 2.30 bits per heavy atom. The van der Waals surface area contributed by atoms with Crippen LogP contribution in [0.15, 0.2) is 23.1 Å². The number of sulfonamides is 1. The molecule has 1 aliphatic heterocycles. The van der Waals surface area contributed by atoms with Gasteiger partial charge in [-0.3, -0.25) is 9.59 Å². The van der Waals surface area contributed by atoms with Gasteiger partial charge in [0.2, 0.25) is 15.9 Å². The minimum atomic E-state index is -4.34. The Balaban J connectivity index is 2.36. The van der Waals surface area contributed by atoms with Crippen LogP contribution in [0.25, 0.3) is 0 Å². The zero-order valence-electron chi connectivity index (χ0n) is 15.6. The van der Waals surface area contributed by atoms with E-state index in [2.05, 4.69) is 15.4 Å². The van der Waals surface area contributed by atoms with Crippen molar-refractivity contribution in [3.8, 4) is 5.75 Å². The first-order valence-electron chi connectivity index (χ1n) is 8.21. The second-order valence-electron chi connectivity index (χ2n) is 6.43. The summed E-state index contributed by atoms with van der Waals surface area (Å²) in [7, 11) is -6.78. The Hall–Kier alpha value is -1.31. The van der Waals surface area contributed by atoms with Crippen LogP contribution in [0.1, 0.15) is 6.92 Å². The summed E-state index contributed by atoms with van der Waals surface area (Å²) < 4.78 is 55.0. The molecule has 15 heteroatoms. The van der Waals surface area contributed by atoms with E-state index < -0.39 is 59.1 Å². The Morgan fingerprint density at radius 1 is 1.17 bits per heavy atom. The summed E-state index contributed by atoms with van der Waals surface area (Å²) in [5, 5.41) is 4.68. The molecule has 2 amide bonds. The number of hydrogen-bond acceptors (Lipinski definition) is 7. The highest BCUT2D eigenvalue weighted by atomic mass is 35.6. The quantitative estimate of drug-likeness (QED) is 0.463. The number of nitrogens with one attached hydrogen (secondary N) is 3. The van der Waals surface area contributed by atoms with Crippen molar-refractivity contribution in [2.45, 2.75) is 27.7 Å². The van der Waals surface area contributed by atoms with Crippen LogP contribution in [0.5, 0.6) is 5.75 Å². The van der Waals surface area contributed by atoms with Gasteiger partial charge in [-0.15, -0.1) is 0 Å². The molecule has 1 heterocycles. The second-order valence-corrected chi connectivity index (χ2v) is 12.5. The van der Waals surface area contributed by atoms with Gasteiger partial charge in [-0.05, 0) is 18.2 Å². The summed E-state index contributed by atoms with van der Waals surface area (Å²) in [5.74, 6) is -2.68. The fourth-order valence-corrected chi connectivity index (χ4v) is 6.39. The van der Waals surface area contributed by atoms with Gasteiger partial charge >= 0.3 is 0 Å². The van der Waals surface area contributed by atoms with Crippen molar-refractivity contribution in [2.75, 3.05) is 23.9 Å². The average molecular weight is 523 g/mol. The lowest BCUT2D eigenvalue weighted by Gasteiger charge is -2.23. The lowest BCUT2D eigenvalue weighted by molar-refractivity contribution is -0.121. The molecule has 1 saturated heterocycles. The van der Waals surface area contributed by atoms with E-state index in [0.29, 0.717) is 0 Å². The summed E-state index contributed by atoms with van der Waals surface area (Å²) in [5.41, 5.74) is 0.184. The molecule has 0 bridgehead atoms. The van der Waals surface area contributed by atoms with E-state index >= 15 is 0 Å². The van der Waals surface area contributed by atoms with Crippen LogP contribution in [0.4, 0.5) is 5.69 Å². The molecule has 1 aromatic carbocycles. The van der Waals surface area contributed by atoms with Crippen molar-refractivity contribution >= 4 is 72.2 Å². The minimum Gasteiger partial charge on any atom is -0.495 e. The topological polar surface area (TPSA) is 148 Å². The van der Waals surface area contributed by atoms with Gasteiger partial charge in [0.1, 0.15) is 10.6 Å². The standard InChI is InChI=1S/C15H18Cl3N3O7S2/c1-8(22)19-9-3-4-12(28-2)13(5-9)30(26,27)21-11-7-29(24,25)6-10(11)20-14(23)15(16,17)18/h3-5,10-11,21H,6-7H2,1-2H3,(H,19,22)(H,20,23)/t10-,11-/m1/s1. The number of ether oxygens (including phenoxy) is 1. The maximum absolute atomic E-state index is 13.0. The van der Waals surface area contributed by atoms with E-state index in [9.17, 15) is 26.4 Å². The summed E-state index contributed by atoms with van der Waals surface area (Å²) in [6.45, 7) is 1.25. The number of methoxy groups -OCH3 is 1. The highest BCUT2D eigenvalue weighted by Gasteiger charge is 2.43. The third-order valence-corrected chi connectivity index (χ3v) is 7.77. The maximum atomic E-state index is 13.0. The van der Waals surface area contributed by atoms with E-state index in [1.165, 1.54) is 26.2 Å². The number of benzene rings is 1. The molecule has 0 unspecified atom stereocenters. The Bertz CT molecular complexity index is 1060. The van der Waals surface area contributed by atoms with Gasteiger partial charge in [0.05, 0.1) is 30.7 Å². The van der Waals surface area contributed by atoms with Crippen molar-refractivity contribution in [3.05, 3.63) is 18.2 Å². The fraction of sp³-hybridized carbons (Fsp3) is 0.467. The molecule has 10 nitrogen and oxygen atoms in total. The number of anilines is 1. The molecule has 168 valence electrons. The Morgan fingerprint density at radius 2 is 1.77 bits per heavy atom. The number of hydrogen-bond donors (Lipinski definition) is 3. The number of carbonyl (C=O) groups excluding carboxylic acids is 2. The molecule has 0 aromatic heterocycles. The molecule has 2 atom stereocenters. The summed E-state index contributed by atoms with van der Waals surface area (Å²) in [4.78, 5) is 22.8. The Labute approximate surface area is 188 Å². The second kappa shape index (κ2) is 9.05. The number of amides is 2. The van der Waals surface area contributed by atoms with Gasteiger partial charge in [0.25, 0.3) is 9.70 Å². The predicted molar refractivity (Wildman–Crippen MR) is 112 cm³/mol. The fourth-order valence-electron chi connectivity index (χ4n) is 2.79. The molecule has 3 N–H and O–H groups in total. The normalized spacial score (nSPS) is 21.1. The van der Waals surface area contributed by atoms with E-state index in [4.69, 9.17) is 39.5 Å².